The number of hydrogen-bond donors (Lipinski definition) is 2. The molecule has 0 aromatic heterocycles. The van der Waals surface area contributed by atoms with E-state index in [1.807, 2.05) is 24.3 Å². The number of halogens is 1. The minimum Gasteiger partial charge on any atom is -0.490 e. The van der Waals surface area contributed by atoms with Crippen LogP contribution in [0.4, 0.5) is 4.39 Å². The molecule has 0 fully saturated rings. The van der Waals surface area contributed by atoms with E-state index in [-0.39, 0.29) is 17.6 Å². The molecule has 35 heavy (non-hydrogen) atoms. The molecule has 178 valence electrons. The number of ether oxygens (including phenoxy) is 1. The number of carboxylic acid groups (broad SMARTS) is 1. The molecule has 0 spiro atoms. The number of aromatic carboxylic acids is 1. The van der Waals surface area contributed by atoms with Gasteiger partial charge in [-0.3, -0.25) is 0 Å². The van der Waals surface area contributed by atoms with Crippen LogP contribution in [0.15, 0.2) is 84.9 Å². The van der Waals surface area contributed by atoms with Crippen molar-refractivity contribution in [2.24, 2.45) is 0 Å². The number of benzene rings is 4. The van der Waals surface area contributed by atoms with Crippen LogP contribution in [0.3, 0.4) is 0 Å². The van der Waals surface area contributed by atoms with Gasteiger partial charge in [0.1, 0.15) is 17.7 Å². The van der Waals surface area contributed by atoms with Crippen LogP contribution in [0.2, 0.25) is 0 Å². The first kappa shape index (κ1) is 23.1. The minimum atomic E-state index is -1.25. The van der Waals surface area contributed by atoms with Crippen molar-refractivity contribution < 1.29 is 19.0 Å². The summed E-state index contributed by atoms with van der Waals surface area (Å²) in [5, 5.41) is 15.5. The SMILES string of the molecule is O=C(O)c1cc(C2CC(CCNCCc3cccc4ccccc34)Oc3ccccc32)ccc1F. The standard InChI is InChI=1S/C30H28FNO3/c31-28-13-12-22(18-27(28)30(33)34)26-19-23(35-29-11-4-3-10-25(26)29)15-17-32-16-14-21-8-5-7-20-6-1-2-9-24(20)21/h1-13,18,23,26,32H,14-17,19H2,(H,33,34). The molecular weight excluding hydrogens is 441 g/mol. The largest absolute Gasteiger partial charge is 0.490 e. The van der Waals surface area contributed by atoms with E-state index in [4.69, 9.17) is 4.74 Å². The quantitative estimate of drug-likeness (QED) is 0.303. The molecule has 1 heterocycles. The molecule has 0 aliphatic carbocycles. The number of nitrogens with one attached hydrogen (secondary N) is 1. The fourth-order valence-electron chi connectivity index (χ4n) is 5.03. The van der Waals surface area contributed by atoms with Crippen molar-refractivity contribution in [1.82, 2.24) is 5.32 Å². The summed E-state index contributed by atoms with van der Waals surface area (Å²) >= 11 is 0. The van der Waals surface area contributed by atoms with Crippen molar-refractivity contribution in [2.45, 2.75) is 31.3 Å². The topological polar surface area (TPSA) is 58.6 Å². The Labute approximate surface area is 204 Å². The lowest BCUT2D eigenvalue weighted by Crippen LogP contribution is -2.30. The lowest BCUT2D eigenvalue weighted by Gasteiger charge is -2.33. The van der Waals surface area contributed by atoms with E-state index < -0.39 is 11.8 Å². The maximum atomic E-state index is 14.0. The molecule has 1 aliphatic heterocycles. The van der Waals surface area contributed by atoms with Gasteiger partial charge in [-0.15, -0.1) is 0 Å². The van der Waals surface area contributed by atoms with Gasteiger partial charge in [0.2, 0.25) is 0 Å². The number of carboxylic acids is 1. The molecule has 1 aliphatic rings. The Morgan fingerprint density at radius 1 is 0.971 bits per heavy atom. The lowest BCUT2D eigenvalue weighted by molar-refractivity contribution is 0.0691. The van der Waals surface area contributed by atoms with Crippen LogP contribution in [0, 0.1) is 5.82 Å². The average Bonchev–Trinajstić information content (AvgIpc) is 2.88. The van der Waals surface area contributed by atoms with E-state index in [9.17, 15) is 14.3 Å². The third kappa shape index (κ3) is 5.05. The molecular formula is C30H28FNO3. The van der Waals surface area contributed by atoms with E-state index in [0.29, 0.717) is 6.42 Å². The molecule has 0 amide bonds. The van der Waals surface area contributed by atoms with Crippen molar-refractivity contribution in [3.8, 4) is 5.75 Å². The first-order valence-corrected chi connectivity index (χ1v) is 12.1. The first-order chi connectivity index (χ1) is 17.1. The van der Waals surface area contributed by atoms with E-state index in [1.165, 1.54) is 28.5 Å². The van der Waals surface area contributed by atoms with E-state index >= 15 is 0 Å². The monoisotopic (exact) mass is 469 g/mol. The number of rotatable bonds is 8. The normalized spacial score (nSPS) is 17.1. The first-order valence-electron chi connectivity index (χ1n) is 12.1. The zero-order valence-electron chi connectivity index (χ0n) is 19.4. The van der Waals surface area contributed by atoms with Crippen LogP contribution in [-0.2, 0) is 6.42 Å². The summed E-state index contributed by atoms with van der Waals surface area (Å²) in [5.41, 5.74) is 2.85. The van der Waals surface area contributed by atoms with Crippen LogP contribution in [-0.4, -0.2) is 30.3 Å². The fraction of sp³-hybridized carbons (Fsp3) is 0.233. The van der Waals surface area contributed by atoms with E-state index in [0.717, 1.165) is 42.8 Å². The van der Waals surface area contributed by atoms with Gasteiger partial charge in [-0.25, -0.2) is 9.18 Å². The molecule has 4 nitrogen and oxygen atoms in total. The maximum Gasteiger partial charge on any atom is 0.338 e. The minimum absolute atomic E-state index is 0.0155. The summed E-state index contributed by atoms with van der Waals surface area (Å²) in [4.78, 5) is 11.5. The van der Waals surface area contributed by atoms with Crippen LogP contribution in [0.1, 0.15) is 45.8 Å². The Morgan fingerprint density at radius 3 is 2.66 bits per heavy atom. The van der Waals surface area contributed by atoms with Gasteiger partial charge in [0.05, 0.1) is 5.56 Å². The molecule has 2 unspecified atom stereocenters. The van der Waals surface area contributed by atoms with E-state index in [2.05, 4.69) is 47.8 Å². The van der Waals surface area contributed by atoms with Gasteiger partial charge >= 0.3 is 5.97 Å². The Bertz CT molecular complexity index is 1350. The molecule has 0 saturated heterocycles. The maximum absolute atomic E-state index is 14.0. The molecule has 0 saturated carbocycles. The predicted octanol–water partition coefficient (Wildman–Crippen LogP) is 6.18. The third-order valence-electron chi connectivity index (χ3n) is 6.80. The summed E-state index contributed by atoms with van der Waals surface area (Å²) in [6, 6.07) is 27.1. The second kappa shape index (κ2) is 10.3. The highest BCUT2D eigenvalue weighted by Gasteiger charge is 2.30. The Kier molecular flexibility index (Phi) is 6.77. The number of hydrogen-bond acceptors (Lipinski definition) is 3. The number of carbonyl (C=O) groups is 1. The Hall–Kier alpha value is -3.70. The van der Waals surface area contributed by atoms with Gasteiger partial charge in [-0.1, -0.05) is 66.7 Å². The highest BCUT2D eigenvalue weighted by atomic mass is 19.1. The van der Waals surface area contributed by atoms with Crippen molar-refractivity contribution >= 4 is 16.7 Å². The molecule has 4 aromatic carbocycles. The summed E-state index contributed by atoms with van der Waals surface area (Å²) in [5.74, 6) is -1.20. The Balaban J connectivity index is 1.23. The van der Waals surface area contributed by atoms with Gasteiger partial charge in [0.25, 0.3) is 0 Å². The zero-order valence-corrected chi connectivity index (χ0v) is 19.4. The molecule has 5 rings (SSSR count). The Morgan fingerprint density at radius 2 is 1.77 bits per heavy atom. The van der Waals surface area contributed by atoms with Crippen molar-refractivity contribution in [3.05, 3.63) is 113 Å². The number of para-hydroxylation sites is 1. The van der Waals surface area contributed by atoms with Crippen molar-refractivity contribution in [3.63, 3.8) is 0 Å². The molecule has 2 atom stereocenters. The highest BCUT2D eigenvalue weighted by molar-refractivity contribution is 5.88. The second-order valence-corrected chi connectivity index (χ2v) is 9.04. The van der Waals surface area contributed by atoms with Crippen LogP contribution in [0.25, 0.3) is 10.8 Å². The van der Waals surface area contributed by atoms with E-state index in [1.54, 1.807) is 6.07 Å². The molecule has 0 radical (unpaired) electrons. The summed E-state index contributed by atoms with van der Waals surface area (Å²) in [6.45, 7) is 1.69. The van der Waals surface area contributed by atoms with Gasteiger partial charge in [0, 0.05) is 11.5 Å². The van der Waals surface area contributed by atoms with Gasteiger partial charge in [-0.05, 0) is 72.5 Å². The van der Waals surface area contributed by atoms with Crippen LogP contribution in [0.5, 0.6) is 5.75 Å². The van der Waals surface area contributed by atoms with Gasteiger partial charge in [-0.2, -0.15) is 0 Å². The predicted molar refractivity (Wildman–Crippen MR) is 136 cm³/mol. The lowest BCUT2D eigenvalue weighted by atomic mass is 9.83. The smallest absolute Gasteiger partial charge is 0.338 e. The zero-order chi connectivity index (χ0) is 24.2. The number of fused-ring (bicyclic) bond motifs is 2. The van der Waals surface area contributed by atoms with Crippen LogP contribution < -0.4 is 10.1 Å². The summed E-state index contributed by atoms with van der Waals surface area (Å²) in [7, 11) is 0. The molecule has 2 N–H and O–H groups in total. The average molecular weight is 470 g/mol. The van der Waals surface area contributed by atoms with Gasteiger partial charge < -0.3 is 15.2 Å². The van der Waals surface area contributed by atoms with Gasteiger partial charge in [0.15, 0.2) is 0 Å². The molecule has 4 aromatic rings. The molecule has 0 bridgehead atoms. The highest BCUT2D eigenvalue weighted by Crippen LogP contribution is 2.41. The molecule has 5 heteroatoms. The van der Waals surface area contributed by atoms with Crippen molar-refractivity contribution in [1.29, 1.82) is 0 Å². The van der Waals surface area contributed by atoms with Crippen molar-refractivity contribution in [2.75, 3.05) is 13.1 Å². The summed E-state index contributed by atoms with van der Waals surface area (Å²) in [6.07, 6.45) is 2.48. The van der Waals surface area contributed by atoms with Crippen LogP contribution >= 0.6 is 0 Å². The summed E-state index contributed by atoms with van der Waals surface area (Å²) < 4.78 is 20.3. The fourth-order valence-corrected chi connectivity index (χ4v) is 5.03. The second-order valence-electron chi connectivity index (χ2n) is 9.04. The third-order valence-corrected chi connectivity index (χ3v) is 6.80.